The van der Waals surface area contributed by atoms with Crippen molar-refractivity contribution in [2.45, 2.75) is 32.4 Å². The quantitative estimate of drug-likeness (QED) is 0.219. The van der Waals surface area contributed by atoms with Crippen LogP contribution in [0.5, 0.6) is 0 Å². The van der Waals surface area contributed by atoms with Crippen LogP contribution in [0, 0.1) is 6.92 Å². The molecule has 1 fully saturated rings. The number of carbonyl (C=O) groups is 2. The molecular weight excluding hydrogens is 536 g/mol. The maximum Gasteiger partial charge on any atom is 0.335 e. The number of aryl methyl sites for hydroxylation is 1. The maximum atomic E-state index is 12.0. The highest BCUT2D eigenvalue weighted by atomic mass is 35.5. The van der Waals surface area contributed by atoms with E-state index in [9.17, 15) is 14.7 Å². The van der Waals surface area contributed by atoms with Gasteiger partial charge in [-0.2, -0.15) is 0 Å². The number of halogens is 1. The Labute approximate surface area is 235 Å². The third kappa shape index (κ3) is 5.23. The molecule has 0 saturated carbocycles. The molecule has 2 aromatic heterocycles. The van der Waals surface area contributed by atoms with Gasteiger partial charge in [-0.25, -0.2) is 4.79 Å². The van der Waals surface area contributed by atoms with Gasteiger partial charge in [0.1, 0.15) is 17.6 Å². The highest BCUT2D eigenvalue weighted by molar-refractivity contribution is 7.80. The Bertz CT molecular complexity index is 1570. The van der Waals surface area contributed by atoms with Crippen LogP contribution in [0.2, 0.25) is 5.02 Å². The van der Waals surface area contributed by atoms with E-state index in [2.05, 4.69) is 15.6 Å². The van der Waals surface area contributed by atoms with Crippen molar-refractivity contribution >= 4 is 52.2 Å². The van der Waals surface area contributed by atoms with E-state index in [1.54, 1.807) is 25.3 Å². The number of carboxylic acid groups (broad SMARTS) is 1. The lowest BCUT2D eigenvalue weighted by atomic mass is 10.0. The number of carbonyl (C=O) groups excluding carboxylic acids is 1. The highest BCUT2D eigenvalue weighted by Gasteiger charge is 2.42. The van der Waals surface area contributed by atoms with Gasteiger partial charge >= 0.3 is 5.97 Å². The summed E-state index contributed by atoms with van der Waals surface area (Å²) in [5, 5.41) is 16.6. The number of nitrogens with one attached hydrogen (secondary N) is 2. The molecule has 3 heterocycles. The van der Waals surface area contributed by atoms with Gasteiger partial charge < -0.3 is 25.1 Å². The Morgan fingerprint density at radius 2 is 1.97 bits per heavy atom. The van der Waals surface area contributed by atoms with Crippen molar-refractivity contribution in [3.05, 3.63) is 101 Å². The monoisotopic (exact) mass is 560 g/mol. The summed E-state index contributed by atoms with van der Waals surface area (Å²) in [5.41, 5.74) is 3.79. The Morgan fingerprint density at radius 1 is 1.15 bits per heavy atom. The average Bonchev–Trinajstić information content (AvgIpc) is 3.55. The third-order valence-corrected chi connectivity index (χ3v) is 7.22. The van der Waals surface area contributed by atoms with Crippen molar-refractivity contribution in [3.8, 4) is 11.3 Å². The van der Waals surface area contributed by atoms with Gasteiger partial charge in [-0.05, 0) is 85.4 Å². The molecule has 4 aromatic rings. The molecule has 1 saturated heterocycles. The van der Waals surface area contributed by atoms with Crippen LogP contribution in [0.15, 0.2) is 77.3 Å². The number of thiocarbonyl (C=S) groups is 1. The van der Waals surface area contributed by atoms with E-state index < -0.39 is 12.0 Å². The number of furan rings is 1. The van der Waals surface area contributed by atoms with Crippen LogP contribution in [0.3, 0.4) is 0 Å². The summed E-state index contributed by atoms with van der Waals surface area (Å²) >= 11 is 12.2. The van der Waals surface area contributed by atoms with E-state index in [0.717, 1.165) is 22.6 Å². The summed E-state index contributed by atoms with van der Waals surface area (Å²) in [7, 11) is 0. The summed E-state index contributed by atoms with van der Waals surface area (Å²) in [4.78, 5) is 30.0. The molecule has 0 bridgehead atoms. The molecule has 0 unspecified atom stereocenters. The van der Waals surface area contributed by atoms with E-state index in [4.69, 9.17) is 28.2 Å². The minimum Gasteiger partial charge on any atom is -0.478 e. The Kier molecular flexibility index (Phi) is 7.36. The van der Waals surface area contributed by atoms with Gasteiger partial charge in [0, 0.05) is 29.6 Å². The van der Waals surface area contributed by atoms with Crippen molar-refractivity contribution in [2.24, 2.45) is 0 Å². The molecule has 2 atom stereocenters. The first-order chi connectivity index (χ1) is 18.8. The number of anilines is 2. The molecule has 1 aliphatic rings. The van der Waals surface area contributed by atoms with E-state index >= 15 is 0 Å². The number of rotatable bonds is 7. The average molecular weight is 561 g/mol. The van der Waals surface area contributed by atoms with Crippen LogP contribution >= 0.6 is 23.8 Å². The fraction of sp³-hybridized carbons (Fsp3) is 0.172. The van der Waals surface area contributed by atoms with Gasteiger partial charge in [0.15, 0.2) is 5.11 Å². The Morgan fingerprint density at radius 3 is 2.67 bits per heavy atom. The topological polar surface area (TPSA) is 108 Å². The zero-order valence-electron chi connectivity index (χ0n) is 21.1. The van der Waals surface area contributed by atoms with E-state index in [0.29, 0.717) is 33.6 Å². The number of pyridine rings is 1. The number of benzene rings is 2. The highest BCUT2D eigenvalue weighted by Crippen LogP contribution is 2.44. The Balaban J connectivity index is 1.58. The maximum absolute atomic E-state index is 12.0. The Hall–Kier alpha value is -4.21. The summed E-state index contributed by atoms with van der Waals surface area (Å²) in [6.07, 6.45) is 2.11. The lowest BCUT2D eigenvalue weighted by molar-refractivity contribution is -0.115. The number of nitrogens with zero attached hydrogens (tertiary/aromatic N) is 2. The number of carboxylic acids is 1. The minimum absolute atomic E-state index is 0.0638. The molecule has 1 aliphatic heterocycles. The molecule has 5 rings (SSSR count). The first kappa shape index (κ1) is 26.4. The van der Waals surface area contributed by atoms with Crippen molar-refractivity contribution in [3.63, 3.8) is 0 Å². The van der Waals surface area contributed by atoms with Crippen LogP contribution in [-0.4, -0.2) is 27.1 Å². The number of aromatic carboxylic acids is 1. The lowest BCUT2D eigenvalue weighted by Crippen LogP contribution is -2.29. The van der Waals surface area contributed by atoms with Gasteiger partial charge in [-0.15, -0.1) is 0 Å². The number of amides is 1. The van der Waals surface area contributed by atoms with Gasteiger partial charge in [0.25, 0.3) is 0 Å². The molecule has 0 spiro atoms. The fourth-order valence-corrected chi connectivity index (χ4v) is 5.16. The predicted octanol–water partition coefficient (Wildman–Crippen LogP) is 6.53. The third-order valence-electron chi connectivity index (χ3n) is 6.58. The van der Waals surface area contributed by atoms with Gasteiger partial charge in [0.05, 0.1) is 22.3 Å². The molecule has 0 radical (unpaired) electrons. The molecule has 0 aliphatic carbocycles. The first-order valence-electron chi connectivity index (χ1n) is 12.3. The molecule has 39 heavy (non-hydrogen) atoms. The van der Waals surface area contributed by atoms with E-state index in [1.165, 1.54) is 12.1 Å². The molecule has 2 aromatic carbocycles. The van der Waals surface area contributed by atoms with Crippen LogP contribution in [0.25, 0.3) is 11.3 Å². The smallest absolute Gasteiger partial charge is 0.335 e. The van der Waals surface area contributed by atoms with E-state index in [-0.39, 0.29) is 17.5 Å². The normalized spacial score (nSPS) is 16.7. The molecule has 198 valence electrons. The van der Waals surface area contributed by atoms with E-state index in [1.807, 2.05) is 54.3 Å². The molecule has 8 nitrogen and oxygen atoms in total. The summed E-state index contributed by atoms with van der Waals surface area (Å²) in [6.45, 7) is 3.73. The van der Waals surface area contributed by atoms with Gasteiger partial charge in [0.2, 0.25) is 5.91 Å². The van der Waals surface area contributed by atoms with Gasteiger partial charge in [-0.1, -0.05) is 24.6 Å². The second kappa shape index (κ2) is 10.9. The SMILES string of the molecule is CCC(=O)Nc1ccc(N2C(=S)N[C@@H](c3ccccn3)[C@@H]2c2ccc(-c3cc(C(=O)O)ccc3Cl)o2)cc1C. The van der Waals surface area contributed by atoms with Crippen molar-refractivity contribution < 1.29 is 19.1 Å². The number of hydrogen-bond acceptors (Lipinski definition) is 5. The minimum atomic E-state index is -1.06. The first-order valence-corrected chi connectivity index (χ1v) is 13.1. The van der Waals surface area contributed by atoms with Crippen LogP contribution < -0.4 is 15.5 Å². The molecule has 10 heteroatoms. The summed E-state index contributed by atoms with van der Waals surface area (Å²) in [5.74, 6) is -0.0957. The van der Waals surface area contributed by atoms with Crippen molar-refractivity contribution in [1.29, 1.82) is 0 Å². The second-order valence-electron chi connectivity index (χ2n) is 9.10. The van der Waals surface area contributed by atoms with Crippen molar-refractivity contribution in [1.82, 2.24) is 10.3 Å². The molecular formula is C29H25ClN4O4S. The number of hydrogen-bond donors (Lipinski definition) is 3. The largest absolute Gasteiger partial charge is 0.478 e. The predicted molar refractivity (Wildman–Crippen MR) is 154 cm³/mol. The van der Waals surface area contributed by atoms with Crippen LogP contribution in [0.1, 0.15) is 52.8 Å². The zero-order valence-corrected chi connectivity index (χ0v) is 22.7. The van der Waals surface area contributed by atoms with Crippen LogP contribution in [0.4, 0.5) is 11.4 Å². The van der Waals surface area contributed by atoms with Crippen molar-refractivity contribution in [2.75, 3.05) is 10.2 Å². The second-order valence-corrected chi connectivity index (χ2v) is 9.89. The van der Waals surface area contributed by atoms with Gasteiger partial charge in [-0.3, -0.25) is 9.78 Å². The van der Waals surface area contributed by atoms with Crippen LogP contribution in [-0.2, 0) is 4.79 Å². The summed E-state index contributed by atoms with van der Waals surface area (Å²) in [6, 6.07) is 18.7. The molecule has 3 N–H and O–H groups in total. The lowest BCUT2D eigenvalue weighted by Gasteiger charge is -2.27. The zero-order chi connectivity index (χ0) is 27.7. The molecule has 1 amide bonds. The standard InChI is InChI=1S/C29H25ClN4O4S/c1-3-25(35)32-21-10-8-18(14-16(21)2)34-27(26(33-29(34)39)22-6-4-5-13-31-22)24-12-11-23(38-24)19-15-17(28(36)37)7-9-20(19)30/h4-15,26-27H,3H2,1-2H3,(H,32,35)(H,33,39)(H,36,37)/t26-,27-/m0/s1. The summed E-state index contributed by atoms with van der Waals surface area (Å²) < 4.78 is 6.34. The number of aromatic nitrogens is 1. The fourth-order valence-electron chi connectivity index (χ4n) is 4.60.